The first-order valence-corrected chi connectivity index (χ1v) is 6.34. The molecule has 1 aromatic heterocycles. The van der Waals surface area contributed by atoms with Crippen LogP contribution in [0.15, 0.2) is 6.20 Å². The number of aromatic nitrogens is 2. The van der Waals surface area contributed by atoms with Gasteiger partial charge in [0.2, 0.25) is 0 Å². The van der Waals surface area contributed by atoms with Crippen LogP contribution in [0.2, 0.25) is 0 Å². The minimum absolute atomic E-state index is 0.145. The van der Waals surface area contributed by atoms with Crippen molar-refractivity contribution in [2.45, 2.75) is 38.6 Å². The quantitative estimate of drug-likeness (QED) is 0.635. The molecular formula is C11H17BrN2O2. The molecule has 0 N–H and O–H groups in total. The standard InChI is InChI=1S/C11H17BrN2O2/c1-5-16-10(15)8-7-13-14(9(8)6-12)11(2,3)4/h7H,5-6H2,1-4H3. The van der Waals surface area contributed by atoms with Crippen molar-refractivity contribution in [1.29, 1.82) is 0 Å². The average molecular weight is 289 g/mol. The maximum Gasteiger partial charge on any atom is 0.341 e. The van der Waals surface area contributed by atoms with Crippen LogP contribution in [0.5, 0.6) is 0 Å². The molecule has 0 amide bonds. The number of esters is 1. The summed E-state index contributed by atoms with van der Waals surface area (Å²) in [5.74, 6) is -0.313. The topological polar surface area (TPSA) is 44.1 Å². The fourth-order valence-corrected chi connectivity index (χ4v) is 2.00. The van der Waals surface area contributed by atoms with Gasteiger partial charge in [0.15, 0.2) is 0 Å². The molecule has 0 radical (unpaired) electrons. The third-order valence-electron chi connectivity index (χ3n) is 2.13. The van der Waals surface area contributed by atoms with E-state index in [1.165, 1.54) is 0 Å². The lowest BCUT2D eigenvalue weighted by Crippen LogP contribution is -2.25. The van der Waals surface area contributed by atoms with Crippen LogP contribution in [-0.4, -0.2) is 22.4 Å². The van der Waals surface area contributed by atoms with E-state index in [-0.39, 0.29) is 11.5 Å². The highest BCUT2D eigenvalue weighted by Gasteiger charge is 2.23. The Balaban J connectivity index is 3.14. The summed E-state index contributed by atoms with van der Waals surface area (Å²) in [5, 5.41) is 4.83. The lowest BCUT2D eigenvalue weighted by molar-refractivity contribution is 0.0525. The predicted octanol–water partition coefficient (Wildman–Crippen LogP) is 2.71. The van der Waals surface area contributed by atoms with E-state index >= 15 is 0 Å². The molecule has 0 aromatic carbocycles. The van der Waals surface area contributed by atoms with Crippen LogP contribution in [0, 0.1) is 0 Å². The van der Waals surface area contributed by atoms with E-state index in [1.807, 2.05) is 25.5 Å². The summed E-state index contributed by atoms with van der Waals surface area (Å²) < 4.78 is 6.82. The average Bonchev–Trinajstić information content (AvgIpc) is 2.60. The van der Waals surface area contributed by atoms with Crippen molar-refractivity contribution in [2.75, 3.05) is 6.61 Å². The van der Waals surface area contributed by atoms with Crippen LogP contribution in [-0.2, 0) is 15.6 Å². The van der Waals surface area contributed by atoms with Gasteiger partial charge in [-0.25, -0.2) is 4.79 Å². The third-order valence-corrected chi connectivity index (χ3v) is 2.66. The second kappa shape index (κ2) is 4.99. The number of halogens is 1. The molecule has 0 saturated carbocycles. The molecule has 0 aliphatic rings. The zero-order chi connectivity index (χ0) is 12.3. The van der Waals surface area contributed by atoms with Crippen molar-refractivity contribution in [1.82, 2.24) is 9.78 Å². The fraction of sp³-hybridized carbons (Fsp3) is 0.636. The van der Waals surface area contributed by atoms with Gasteiger partial charge in [0.05, 0.1) is 24.0 Å². The van der Waals surface area contributed by atoms with E-state index in [0.717, 1.165) is 5.69 Å². The van der Waals surface area contributed by atoms with Crippen LogP contribution in [0.4, 0.5) is 0 Å². The van der Waals surface area contributed by atoms with Gasteiger partial charge in [-0.05, 0) is 27.7 Å². The van der Waals surface area contributed by atoms with Crippen molar-refractivity contribution in [3.63, 3.8) is 0 Å². The molecule has 5 heteroatoms. The van der Waals surface area contributed by atoms with E-state index in [9.17, 15) is 4.79 Å². The zero-order valence-electron chi connectivity index (χ0n) is 10.1. The number of hydrogen-bond acceptors (Lipinski definition) is 3. The third kappa shape index (κ3) is 2.64. The van der Waals surface area contributed by atoms with Crippen molar-refractivity contribution in [3.05, 3.63) is 17.5 Å². The second-order valence-corrected chi connectivity index (χ2v) is 5.00. The number of rotatable bonds is 3. The Bertz CT molecular complexity index is 380. The minimum Gasteiger partial charge on any atom is -0.462 e. The van der Waals surface area contributed by atoms with E-state index < -0.39 is 0 Å². The van der Waals surface area contributed by atoms with Gasteiger partial charge >= 0.3 is 5.97 Å². The highest BCUT2D eigenvalue weighted by atomic mass is 79.9. The molecule has 0 fully saturated rings. The summed E-state index contributed by atoms with van der Waals surface area (Å²) in [6.45, 7) is 8.30. The highest BCUT2D eigenvalue weighted by molar-refractivity contribution is 9.08. The highest BCUT2D eigenvalue weighted by Crippen LogP contribution is 2.21. The zero-order valence-corrected chi connectivity index (χ0v) is 11.7. The van der Waals surface area contributed by atoms with E-state index in [4.69, 9.17) is 4.74 Å². The van der Waals surface area contributed by atoms with Gasteiger partial charge in [-0.3, -0.25) is 4.68 Å². The molecule has 0 saturated heterocycles. The molecule has 0 atom stereocenters. The Hall–Kier alpha value is -0.840. The van der Waals surface area contributed by atoms with Crippen molar-refractivity contribution >= 4 is 21.9 Å². The molecule has 16 heavy (non-hydrogen) atoms. The molecule has 1 aromatic rings. The Morgan fingerprint density at radius 3 is 2.62 bits per heavy atom. The first kappa shape index (κ1) is 13.2. The first-order valence-electron chi connectivity index (χ1n) is 5.22. The lowest BCUT2D eigenvalue weighted by atomic mass is 10.1. The molecule has 1 rings (SSSR count). The van der Waals surface area contributed by atoms with Gasteiger partial charge in [0.1, 0.15) is 5.56 Å². The molecule has 0 aliphatic heterocycles. The van der Waals surface area contributed by atoms with Gasteiger partial charge in [0, 0.05) is 5.33 Å². The van der Waals surface area contributed by atoms with E-state index in [1.54, 1.807) is 13.1 Å². The molecule has 0 spiro atoms. The van der Waals surface area contributed by atoms with Crippen molar-refractivity contribution in [2.24, 2.45) is 0 Å². The minimum atomic E-state index is -0.313. The van der Waals surface area contributed by atoms with Gasteiger partial charge < -0.3 is 4.74 Å². The summed E-state index contributed by atoms with van der Waals surface area (Å²) in [5.41, 5.74) is 1.24. The summed E-state index contributed by atoms with van der Waals surface area (Å²) in [7, 11) is 0. The van der Waals surface area contributed by atoms with Gasteiger partial charge in [0.25, 0.3) is 0 Å². The molecule has 0 bridgehead atoms. The number of ether oxygens (including phenoxy) is 1. The summed E-state index contributed by atoms with van der Waals surface area (Å²) >= 11 is 3.38. The number of hydrogen-bond donors (Lipinski definition) is 0. The largest absolute Gasteiger partial charge is 0.462 e. The number of alkyl halides is 1. The molecule has 1 heterocycles. The molecule has 4 nitrogen and oxygen atoms in total. The smallest absolute Gasteiger partial charge is 0.341 e. The second-order valence-electron chi connectivity index (χ2n) is 4.44. The van der Waals surface area contributed by atoms with Gasteiger partial charge in [-0.1, -0.05) is 15.9 Å². The van der Waals surface area contributed by atoms with Gasteiger partial charge in [-0.2, -0.15) is 5.10 Å². The Labute approximate surface area is 104 Å². The molecule has 0 aliphatic carbocycles. The summed E-state index contributed by atoms with van der Waals surface area (Å²) in [6.07, 6.45) is 1.57. The van der Waals surface area contributed by atoms with Crippen LogP contribution in [0.3, 0.4) is 0 Å². The SMILES string of the molecule is CCOC(=O)c1cnn(C(C)(C)C)c1CBr. The van der Waals surface area contributed by atoms with Crippen LogP contribution in [0.25, 0.3) is 0 Å². The van der Waals surface area contributed by atoms with Crippen LogP contribution >= 0.6 is 15.9 Å². The van der Waals surface area contributed by atoms with Crippen molar-refractivity contribution in [3.8, 4) is 0 Å². The van der Waals surface area contributed by atoms with Gasteiger partial charge in [-0.15, -0.1) is 0 Å². The Morgan fingerprint density at radius 2 is 2.19 bits per heavy atom. The molecule has 90 valence electrons. The number of nitrogens with zero attached hydrogens (tertiary/aromatic N) is 2. The summed E-state index contributed by atoms with van der Waals surface area (Å²) in [6, 6.07) is 0. The summed E-state index contributed by atoms with van der Waals surface area (Å²) in [4.78, 5) is 11.7. The Morgan fingerprint density at radius 1 is 1.56 bits per heavy atom. The van der Waals surface area contributed by atoms with Crippen LogP contribution < -0.4 is 0 Å². The maximum atomic E-state index is 11.7. The maximum absolute atomic E-state index is 11.7. The normalized spacial score (nSPS) is 11.6. The number of carbonyl (C=O) groups is 1. The lowest BCUT2D eigenvalue weighted by Gasteiger charge is -2.22. The first-order chi connectivity index (χ1) is 7.41. The molecular weight excluding hydrogens is 272 g/mol. The Kier molecular flexibility index (Phi) is 4.13. The number of carbonyl (C=O) groups excluding carboxylic acids is 1. The van der Waals surface area contributed by atoms with E-state index in [2.05, 4.69) is 21.0 Å². The van der Waals surface area contributed by atoms with Crippen molar-refractivity contribution < 1.29 is 9.53 Å². The predicted molar refractivity (Wildman–Crippen MR) is 65.8 cm³/mol. The monoisotopic (exact) mass is 288 g/mol. The molecule has 0 unspecified atom stereocenters. The van der Waals surface area contributed by atoms with E-state index in [0.29, 0.717) is 17.5 Å². The van der Waals surface area contributed by atoms with Crippen LogP contribution in [0.1, 0.15) is 43.7 Å². The fourth-order valence-electron chi connectivity index (χ4n) is 1.46.